The predicted molar refractivity (Wildman–Crippen MR) is 194 cm³/mol. The van der Waals surface area contributed by atoms with Gasteiger partial charge in [0, 0.05) is 40.5 Å². The maximum Gasteiger partial charge on any atom is 0.338 e. The molecular formula is C42H48O14. The highest BCUT2D eigenvalue weighted by atomic mass is 16.6. The zero-order valence-electron chi connectivity index (χ0n) is 32.7. The fourth-order valence-corrected chi connectivity index (χ4v) is 9.86. The van der Waals surface area contributed by atoms with E-state index in [0.717, 1.165) is 13.8 Å². The van der Waals surface area contributed by atoms with Crippen LogP contribution in [0.3, 0.4) is 0 Å². The number of hydrogen-bond donors (Lipinski definition) is 1. The highest BCUT2D eigenvalue weighted by molar-refractivity contribution is 5.90. The molecule has 14 heteroatoms. The summed E-state index contributed by atoms with van der Waals surface area (Å²) in [6.07, 6.45) is -8.24. The Hall–Kier alpha value is -5.08. The second-order valence-corrected chi connectivity index (χ2v) is 15.9. The van der Waals surface area contributed by atoms with Gasteiger partial charge in [0.25, 0.3) is 0 Å². The fraction of sp³-hybridized carbons (Fsp3) is 0.524. The van der Waals surface area contributed by atoms with E-state index in [0.29, 0.717) is 5.57 Å². The van der Waals surface area contributed by atoms with Crippen LogP contribution in [0.15, 0.2) is 71.8 Å². The Kier molecular flexibility index (Phi) is 10.7. The summed E-state index contributed by atoms with van der Waals surface area (Å²) in [5.74, 6) is -5.89. The van der Waals surface area contributed by atoms with Gasteiger partial charge in [0.2, 0.25) is 0 Å². The van der Waals surface area contributed by atoms with Crippen molar-refractivity contribution in [3.8, 4) is 0 Å². The van der Waals surface area contributed by atoms with E-state index in [1.54, 1.807) is 74.5 Å². The molecule has 2 aromatic rings. The molecule has 0 bridgehead atoms. The highest BCUT2D eigenvalue weighted by Crippen LogP contribution is 2.69. The Morgan fingerprint density at radius 3 is 1.73 bits per heavy atom. The van der Waals surface area contributed by atoms with E-state index in [2.05, 4.69) is 0 Å². The Morgan fingerprint density at radius 2 is 1.27 bits per heavy atom. The van der Waals surface area contributed by atoms with E-state index < -0.39 is 100 Å². The number of esters is 6. The van der Waals surface area contributed by atoms with Crippen molar-refractivity contribution in [3.63, 3.8) is 0 Å². The van der Waals surface area contributed by atoms with Gasteiger partial charge < -0.3 is 38.3 Å². The van der Waals surface area contributed by atoms with Crippen LogP contribution in [0.25, 0.3) is 0 Å². The second-order valence-electron chi connectivity index (χ2n) is 15.9. The predicted octanol–water partition coefficient (Wildman–Crippen LogP) is 4.45. The number of rotatable bonds is 9. The van der Waals surface area contributed by atoms with Gasteiger partial charge in [0.1, 0.15) is 24.4 Å². The summed E-state index contributed by atoms with van der Waals surface area (Å²) in [6, 6.07) is 16.3. The largest absolute Gasteiger partial charge is 0.458 e. The summed E-state index contributed by atoms with van der Waals surface area (Å²) in [7, 11) is 0. The van der Waals surface area contributed by atoms with Gasteiger partial charge in [-0.3, -0.25) is 19.2 Å². The van der Waals surface area contributed by atoms with E-state index in [-0.39, 0.29) is 36.1 Å². The van der Waals surface area contributed by atoms with Crippen molar-refractivity contribution in [2.45, 2.75) is 116 Å². The van der Waals surface area contributed by atoms with Crippen molar-refractivity contribution in [1.29, 1.82) is 0 Å². The third-order valence-electron chi connectivity index (χ3n) is 12.1. The molecule has 2 unspecified atom stereocenters. The van der Waals surface area contributed by atoms with Gasteiger partial charge in [-0.15, -0.1) is 0 Å². The monoisotopic (exact) mass is 776 g/mol. The molecular weight excluding hydrogens is 728 g/mol. The minimum absolute atomic E-state index is 0.0909. The van der Waals surface area contributed by atoms with Crippen LogP contribution in [0.5, 0.6) is 0 Å². The molecule has 3 fully saturated rings. The molecule has 300 valence electrons. The molecule has 6 rings (SSSR count). The van der Waals surface area contributed by atoms with Crippen molar-refractivity contribution < 1.29 is 67.0 Å². The molecule has 0 spiro atoms. The van der Waals surface area contributed by atoms with E-state index in [9.17, 15) is 33.9 Å². The van der Waals surface area contributed by atoms with Crippen LogP contribution in [-0.2, 0) is 52.3 Å². The Labute approximate surface area is 324 Å². The molecule has 2 saturated carbocycles. The number of carbonyl (C=O) groups excluding carboxylic acids is 6. The Bertz CT molecular complexity index is 1930. The fourth-order valence-electron chi connectivity index (χ4n) is 9.86. The summed E-state index contributed by atoms with van der Waals surface area (Å²) in [6.45, 7) is 10.8. The quantitative estimate of drug-likeness (QED) is 0.214. The van der Waals surface area contributed by atoms with Gasteiger partial charge in [-0.2, -0.15) is 0 Å². The maximum absolute atomic E-state index is 14.5. The molecule has 10 atom stereocenters. The highest BCUT2D eigenvalue weighted by Gasteiger charge is 2.81. The van der Waals surface area contributed by atoms with Crippen LogP contribution in [0.1, 0.15) is 88.9 Å². The third kappa shape index (κ3) is 6.66. The number of carbonyl (C=O) groups is 6. The molecule has 0 radical (unpaired) electrons. The second kappa shape index (κ2) is 14.8. The number of ether oxygens (including phenoxy) is 7. The first-order valence-corrected chi connectivity index (χ1v) is 18.6. The van der Waals surface area contributed by atoms with E-state index in [1.807, 2.05) is 0 Å². The lowest BCUT2D eigenvalue weighted by Gasteiger charge is -2.65. The summed E-state index contributed by atoms with van der Waals surface area (Å²) in [5.41, 5.74) is -6.31. The molecule has 4 aliphatic rings. The average molecular weight is 777 g/mol. The number of aliphatic hydroxyl groups is 1. The smallest absolute Gasteiger partial charge is 0.338 e. The minimum atomic E-state index is -1.92. The first-order chi connectivity index (χ1) is 26.3. The van der Waals surface area contributed by atoms with Crippen molar-refractivity contribution in [1.82, 2.24) is 0 Å². The Morgan fingerprint density at radius 1 is 0.732 bits per heavy atom. The molecule has 1 heterocycles. The summed E-state index contributed by atoms with van der Waals surface area (Å²) in [4.78, 5) is 81.0. The molecule has 0 aromatic heterocycles. The first-order valence-electron chi connectivity index (χ1n) is 18.6. The SMILES string of the molecule is CC(=O)O[C@H]1C[C@]2(C(C)(C)O)C(=C1C)[C@H](OC(C)=O)[C@@H](OC(C)=O)[C@]1(C)C(C2OC(=O)c2ccccc2)[C@@]2(OC(C)=O)CO[C@H]2C[C@H]1OC(=O)c1ccccc1. The van der Waals surface area contributed by atoms with Crippen LogP contribution in [0.4, 0.5) is 0 Å². The van der Waals surface area contributed by atoms with E-state index >= 15 is 0 Å². The van der Waals surface area contributed by atoms with Gasteiger partial charge in [-0.1, -0.05) is 43.3 Å². The van der Waals surface area contributed by atoms with E-state index in [4.69, 9.17) is 33.2 Å². The summed E-state index contributed by atoms with van der Waals surface area (Å²) in [5, 5.41) is 12.7. The molecule has 14 nitrogen and oxygen atoms in total. The van der Waals surface area contributed by atoms with Gasteiger partial charge in [0.15, 0.2) is 17.8 Å². The van der Waals surface area contributed by atoms with Gasteiger partial charge in [-0.25, -0.2) is 9.59 Å². The molecule has 1 N–H and O–H groups in total. The van der Waals surface area contributed by atoms with Gasteiger partial charge in [-0.05, 0) is 56.2 Å². The van der Waals surface area contributed by atoms with Crippen LogP contribution >= 0.6 is 0 Å². The van der Waals surface area contributed by atoms with Crippen LogP contribution in [-0.4, -0.2) is 95.4 Å². The lowest BCUT2D eigenvalue weighted by atomic mass is 9.49. The standard InChI is InChI=1S/C42H48O14/c1-22-29(51-23(2)43)20-41(39(6,7)49)32(22)33(52-24(3)44)35(53-25(4)45)40(8)30(54-37(47)27-15-11-9-12-16-27)19-31-42(21-50-31,56-26(5)46)34(40)36(41)55-38(48)28-17-13-10-14-18-28/h9-18,29-31,33-36,49H,19-21H2,1-8H3/t29-,30+,31-,33-,34?,35+,36?,40-,41-,42+/m0/s1. The zero-order chi connectivity index (χ0) is 41.0. The van der Waals surface area contributed by atoms with Crippen LogP contribution in [0, 0.1) is 16.7 Å². The van der Waals surface area contributed by atoms with Crippen LogP contribution in [0.2, 0.25) is 0 Å². The van der Waals surface area contributed by atoms with Gasteiger partial charge >= 0.3 is 35.8 Å². The van der Waals surface area contributed by atoms with Crippen molar-refractivity contribution in [2.24, 2.45) is 16.7 Å². The number of fused-ring (bicyclic) bond motifs is 4. The molecule has 56 heavy (non-hydrogen) atoms. The summed E-state index contributed by atoms with van der Waals surface area (Å²) < 4.78 is 43.8. The molecule has 3 aliphatic carbocycles. The molecule has 0 amide bonds. The zero-order valence-corrected chi connectivity index (χ0v) is 32.7. The van der Waals surface area contributed by atoms with Crippen molar-refractivity contribution in [3.05, 3.63) is 82.9 Å². The van der Waals surface area contributed by atoms with E-state index in [1.165, 1.54) is 27.7 Å². The molecule has 1 saturated heterocycles. The topological polar surface area (TPSA) is 187 Å². The van der Waals surface area contributed by atoms with Crippen LogP contribution < -0.4 is 0 Å². The number of benzene rings is 2. The van der Waals surface area contributed by atoms with Crippen molar-refractivity contribution in [2.75, 3.05) is 6.61 Å². The average Bonchev–Trinajstić information content (AvgIpc) is 3.37. The van der Waals surface area contributed by atoms with Gasteiger partial charge in [0.05, 0.1) is 40.1 Å². The minimum Gasteiger partial charge on any atom is -0.458 e. The lowest BCUT2D eigenvalue weighted by molar-refractivity contribution is -0.350. The lowest BCUT2D eigenvalue weighted by Crippen LogP contribution is -2.79. The first kappa shape index (κ1) is 40.6. The molecule has 1 aliphatic heterocycles. The Balaban J connectivity index is 1.75. The maximum atomic E-state index is 14.5. The third-order valence-corrected chi connectivity index (χ3v) is 12.1. The number of hydrogen-bond acceptors (Lipinski definition) is 14. The summed E-state index contributed by atoms with van der Waals surface area (Å²) >= 11 is 0. The normalized spacial score (nSPS) is 33.2. The molecule has 2 aromatic carbocycles. The van der Waals surface area contributed by atoms with Crippen molar-refractivity contribution >= 4 is 35.8 Å².